The molecule has 3 heterocycles. The molecule has 8 nitrogen and oxygen atoms in total. The molecule has 0 unspecified atom stereocenters. The second-order valence-corrected chi connectivity index (χ2v) is 11.0. The lowest BCUT2D eigenvalue weighted by atomic mass is 9.84. The third-order valence-corrected chi connectivity index (χ3v) is 7.53. The van der Waals surface area contributed by atoms with Gasteiger partial charge in [0.2, 0.25) is 0 Å². The SMILES string of the molecule is COc1cc(C(=O)NC[C@](O)(c2cc3c(c(-c4ccc(F)cc4)n2)OCC3(C)C)C(F)F)cc2cc(C)c(CO)nc12. The van der Waals surface area contributed by atoms with Crippen LogP contribution in [-0.4, -0.2) is 52.8 Å². The van der Waals surface area contributed by atoms with Crippen LogP contribution in [0.2, 0.25) is 0 Å². The van der Waals surface area contributed by atoms with E-state index in [9.17, 15) is 28.2 Å². The first-order valence-electron chi connectivity index (χ1n) is 13.2. The zero-order valence-corrected chi connectivity index (χ0v) is 23.5. The average molecular weight is 582 g/mol. The number of nitrogens with zero attached hydrogens (tertiary/aromatic N) is 2. The third kappa shape index (κ3) is 5.14. The predicted octanol–water partition coefficient (Wildman–Crippen LogP) is 4.80. The number of rotatable bonds is 8. The molecule has 2 aromatic carbocycles. The zero-order valence-electron chi connectivity index (χ0n) is 23.5. The van der Waals surface area contributed by atoms with Crippen molar-refractivity contribution in [3.05, 3.63) is 82.4 Å². The highest BCUT2D eigenvalue weighted by Crippen LogP contribution is 2.46. The van der Waals surface area contributed by atoms with Crippen LogP contribution < -0.4 is 14.8 Å². The summed E-state index contributed by atoms with van der Waals surface area (Å²) in [6, 6.07) is 11.4. The minimum atomic E-state index is -3.33. The van der Waals surface area contributed by atoms with Crippen LogP contribution in [-0.2, 0) is 17.6 Å². The minimum Gasteiger partial charge on any atom is -0.494 e. The first-order valence-corrected chi connectivity index (χ1v) is 13.2. The fourth-order valence-corrected chi connectivity index (χ4v) is 4.98. The highest BCUT2D eigenvalue weighted by atomic mass is 19.3. The number of hydrogen-bond donors (Lipinski definition) is 3. The summed E-state index contributed by atoms with van der Waals surface area (Å²) >= 11 is 0. The summed E-state index contributed by atoms with van der Waals surface area (Å²) in [5.41, 5.74) is -0.981. The Balaban J connectivity index is 1.52. The van der Waals surface area contributed by atoms with Gasteiger partial charge in [-0.1, -0.05) is 13.8 Å². The van der Waals surface area contributed by atoms with E-state index in [2.05, 4.69) is 15.3 Å². The number of aliphatic hydroxyl groups is 2. The molecule has 1 atom stereocenters. The number of benzene rings is 2. The Labute approximate surface area is 240 Å². The van der Waals surface area contributed by atoms with E-state index in [1.807, 2.05) is 13.8 Å². The maximum absolute atomic E-state index is 14.6. The molecule has 1 amide bonds. The molecule has 0 saturated heterocycles. The number of hydrogen-bond acceptors (Lipinski definition) is 7. The van der Waals surface area contributed by atoms with Crippen LogP contribution in [0.3, 0.4) is 0 Å². The molecule has 0 fully saturated rings. The topological polar surface area (TPSA) is 114 Å². The van der Waals surface area contributed by atoms with Crippen molar-refractivity contribution in [2.75, 3.05) is 20.3 Å². The molecule has 3 N–H and O–H groups in total. The van der Waals surface area contributed by atoms with Gasteiger partial charge in [-0.2, -0.15) is 0 Å². The highest BCUT2D eigenvalue weighted by molar-refractivity contribution is 6.00. The van der Waals surface area contributed by atoms with Gasteiger partial charge in [-0.15, -0.1) is 0 Å². The first kappa shape index (κ1) is 29.3. The van der Waals surface area contributed by atoms with Crippen molar-refractivity contribution in [2.45, 2.75) is 44.8 Å². The summed E-state index contributed by atoms with van der Waals surface area (Å²) in [7, 11) is 1.40. The lowest BCUT2D eigenvalue weighted by Crippen LogP contribution is -2.46. The van der Waals surface area contributed by atoms with E-state index in [1.165, 1.54) is 49.6 Å². The first-order chi connectivity index (χ1) is 19.9. The number of amides is 1. The summed E-state index contributed by atoms with van der Waals surface area (Å²) in [6.07, 6.45) is -3.33. The van der Waals surface area contributed by atoms with E-state index in [-0.39, 0.29) is 35.9 Å². The van der Waals surface area contributed by atoms with E-state index >= 15 is 0 Å². The molecule has 2 aromatic heterocycles. The Morgan fingerprint density at radius 2 is 1.88 bits per heavy atom. The van der Waals surface area contributed by atoms with Gasteiger partial charge in [0.05, 0.1) is 38.3 Å². The summed E-state index contributed by atoms with van der Waals surface area (Å²) in [4.78, 5) is 22.0. The number of halogens is 3. The van der Waals surface area contributed by atoms with Crippen molar-refractivity contribution in [2.24, 2.45) is 0 Å². The molecular formula is C31H30F3N3O5. The second-order valence-electron chi connectivity index (χ2n) is 11.0. The number of pyridine rings is 2. The van der Waals surface area contributed by atoms with Crippen LogP contribution in [0.25, 0.3) is 22.2 Å². The Kier molecular flexibility index (Phi) is 7.59. The molecule has 0 radical (unpaired) electrons. The number of carbonyl (C=O) groups excluding carboxylic acids is 1. The molecule has 220 valence electrons. The molecule has 4 aromatic rings. The van der Waals surface area contributed by atoms with Crippen molar-refractivity contribution >= 4 is 16.8 Å². The van der Waals surface area contributed by atoms with E-state index < -0.39 is 35.7 Å². The quantitative estimate of drug-likeness (QED) is 0.274. The summed E-state index contributed by atoms with van der Waals surface area (Å²) in [6.45, 7) is 4.61. The van der Waals surface area contributed by atoms with E-state index in [0.717, 1.165) is 0 Å². The lowest BCUT2D eigenvalue weighted by molar-refractivity contribution is -0.101. The van der Waals surface area contributed by atoms with Gasteiger partial charge in [0, 0.05) is 27.5 Å². The van der Waals surface area contributed by atoms with Gasteiger partial charge in [0.25, 0.3) is 12.3 Å². The van der Waals surface area contributed by atoms with E-state index in [1.54, 1.807) is 13.0 Å². The highest BCUT2D eigenvalue weighted by Gasteiger charge is 2.45. The van der Waals surface area contributed by atoms with Crippen molar-refractivity contribution in [3.8, 4) is 22.8 Å². The maximum atomic E-state index is 14.6. The molecule has 0 bridgehead atoms. The van der Waals surface area contributed by atoms with Gasteiger partial charge >= 0.3 is 0 Å². The van der Waals surface area contributed by atoms with Gasteiger partial charge in [-0.3, -0.25) is 4.79 Å². The Hall–Kier alpha value is -4.22. The number of aromatic nitrogens is 2. The summed E-state index contributed by atoms with van der Waals surface area (Å²) in [5.74, 6) is -0.595. The number of aryl methyl sites for hydroxylation is 1. The van der Waals surface area contributed by atoms with Crippen molar-refractivity contribution in [1.29, 1.82) is 0 Å². The fourth-order valence-electron chi connectivity index (χ4n) is 4.98. The molecule has 0 aliphatic carbocycles. The van der Waals surface area contributed by atoms with E-state index in [4.69, 9.17) is 9.47 Å². The van der Waals surface area contributed by atoms with Gasteiger partial charge in [0.1, 0.15) is 28.5 Å². The predicted molar refractivity (Wildman–Crippen MR) is 149 cm³/mol. The molecule has 0 saturated carbocycles. The van der Waals surface area contributed by atoms with Gasteiger partial charge in [-0.05, 0) is 61.0 Å². The Bertz CT molecular complexity index is 1680. The van der Waals surface area contributed by atoms with Gasteiger partial charge < -0.3 is 25.0 Å². The van der Waals surface area contributed by atoms with Crippen molar-refractivity contribution in [3.63, 3.8) is 0 Å². The third-order valence-electron chi connectivity index (χ3n) is 7.53. The monoisotopic (exact) mass is 581 g/mol. The van der Waals surface area contributed by atoms with Gasteiger partial charge in [0.15, 0.2) is 5.60 Å². The standard InChI is InChI=1S/C31H30F3N3O5/c1-16-9-18-10-19(11-23(41-4)25(18)36-22(16)13-38)28(39)35-14-31(40,29(33)34)24-12-21-27(42-15-30(21,2)3)26(37-24)17-5-7-20(32)8-6-17/h5-12,29,38,40H,13-15H2,1-4H3,(H,35,39)/t31-/m0/s1. The number of carbonyl (C=O) groups is 1. The zero-order chi connectivity index (χ0) is 30.4. The number of fused-ring (bicyclic) bond motifs is 2. The van der Waals surface area contributed by atoms with Crippen LogP contribution in [0.4, 0.5) is 13.2 Å². The molecular weight excluding hydrogens is 551 g/mol. The van der Waals surface area contributed by atoms with Gasteiger partial charge in [-0.25, -0.2) is 23.1 Å². The molecule has 0 spiro atoms. The van der Waals surface area contributed by atoms with E-state index in [0.29, 0.717) is 39.0 Å². The normalized spacial score (nSPS) is 15.3. The Morgan fingerprint density at radius 1 is 1.17 bits per heavy atom. The lowest BCUT2D eigenvalue weighted by Gasteiger charge is -2.29. The maximum Gasteiger partial charge on any atom is 0.274 e. The van der Waals surface area contributed by atoms with Crippen LogP contribution in [0, 0.1) is 12.7 Å². The average Bonchev–Trinajstić information content (AvgIpc) is 3.28. The molecule has 1 aliphatic heterocycles. The molecule has 1 aliphatic rings. The van der Waals surface area contributed by atoms with Crippen LogP contribution >= 0.6 is 0 Å². The number of alkyl halides is 2. The molecule has 42 heavy (non-hydrogen) atoms. The van der Waals surface area contributed by atoms with Crippen LogP contribution in [0.1, 0.15) is 46.7 Å². The molecule has 11 heteroatoms. The summed E-state index contributed by atoms with van der Waals surface area (Å²) < 4.78 is 54.1. The largest absolute Gasteiger partial charge is 0.494 e. The minimum absolute atomic E-state index is 0.0948. The fraction of sp³-hybridized carbons (Fsp3) is 0.323. The van der Waals surface area contributed by atoms with Crippen LogP contribution in [0.5, 0.6) is 11.5 Å². The molecule has 5 rings (SSSR count). The number of nitrogens with one attached hydrogen (secondary N) is 1. The van der Waals surface area contributed by atoms with Crippen molar-refractivity contribution < 1.29 is 37.7 Å². The summed E-state index contributed by atoms with van der Waals surface area (Å²) in [5, 5.41) is 23.9. The van der Waals surface area contributed by atoms with Crippen molar-refractivity contribution in [1.82, 2.24) is 15.3 Å². The van der Waals surface area contributed by atoms with Crippen LogP contribution in [0.15, 0.2) is 48.5 Å². The number of methoxy groups -OCH3 is 1. The number of ether oxygens (including phenoxy) is 2. The second kappa shape index (κ2) is 10.9. The number of aliphatic hydroxyl groups excluding tert-OH is 1. The smallest absolute Gasteiger partial charge is 0.274 e. The Morgan fingerprint density at radius 3 is 2.52 bits per heavy atom.